The number of nitrogens with one attached hydrogen (secondary N) is 1. The maximum Gasteiger partial charge on any atom is 0.486 e. The number of likely N-dealkylation sites (tertiary alicyclic amines) is 1. The second-order valence-electron chi connectivity index (χ2n) is 9.88. The predicted molar refractivity (Wildman–Crippen MR) is 124 cm³/mol. The van der Waals surface area contributed by atoms with E-state index in [0.717, 1.165) is 12.6 Å². The van der Waals surface area contributed by atoms with Gasteiger partial charge in [-0.3, -0.25) is 4.90 Å². The number of sulfonamides is 1. The quantitative estimate of drug-likeness (QED) is 0.588. The number of hydrogen-bond acceptors (Lipinski definition) is 8. The minimum absolute atomic E-state index is 0.107. The van der Waals surface area contributed by atoms with E-state index < -0.39 is 34.1 Å². The van der Waals surface area contributed by atoms with Gasteiger partial charge in [-0.15, -0.1) is 0 Å². The highest BCUT2D eigenvalue weighted by atomic mass is 32.2. The first kappa shape index (κ1) is 27.2. The molecule has 2 aliphatic rings. The highest BCUT2D eigenvalue weighted by molar-refractivity contribution is 7.88. The van der Waals surface area contributed by atoms with Crippen molar-refractivity contribution in [3.05, 3.63) is 12.4 Å². The van der Waals surface area contributed by atoms with E-state index in [9.17, 15) is 26.4 Å². The highest BCUT2D eigenvalue weighted by Gasteiger charge is 2.44. The molecule has 1 amide bonds. The Morgan fingerprint density at radius 2 is 1.69 bits per heavy atom. The first-order valence-electron chi connectivity index (χ1n) is 11.5. The van der Waals surface area contributed by atoms with E-state index in [1.54, 1.807) is 20.8 Å². The lowest BCUT2D eigenvalue weighted by Crippen LogP contribution is -2.52. The summed E-state index contributed by atoms with van der Waals surface area (Å²) in [4.78, 5) is 22.0. The summed E-state index contributed by atoms with van der Waals surface area (Å²) >= 11 is 0. The predicted octanol–water partition coefficient (Wildman–Crippen LogP) is 3.04. The summed E-state index contributed by atoms with van der Waals surface area (Å²) in [6.07, 6.45) is -1.74. The molecule has 0 atom stereocenters. The number of piperidine rings is 2. The first-order valence-corrected chi connectivity index (χ1v) is 13.4. The van der Waals surface area contributed by atoms with Gasteiger partial charge in [0, 0.05) is 44.3 Å². The Kier molecular flexibility index (Phi) is 8.04. The number of rotatable bonds is 5. The van der Waals surface area contributed by atoms with Crippen molar-refractivity contribution in [2.45, 2.75) is 70.4 Å². The van der Waals surface area contributed by atoms with Crippen LogP contribution in [0.3, 0.4) is 0 Å². The molecule has 35 heavy (non-hydrogen) atoms. The van der Waals surface area contributed by atoms with Crippen LogP contribution in [-0.4, -0.2) is 90.1 Å². The third-order valence-corrected chi connectivity index (χ3v) is 7.23. The highest BCUT2D eigenvalue weighted by Crippen LogP contribution is 2.34. The van der Waals surface area contributed by atoms with Crippen molar-refractivity contribution in [3.63, 3.8) is 0 Å². The maximum absolute atomic E-state index is 14.1. The van der Waals surface area contributed by atoms with Crippen LogP contribution < -0.4 is 10.2 Å². The molecule has 3 rings (SSSR count). The summed E-state index contributed by atoms with van der Waals surface area (Å²) in [7, 11) is -3.27. The number of carbonyl (C=O) groups is 1. The molecular formula is C21H33F3N6O4S. The molecule has 3 heterocycles. The summed E-state index contributed by atoms with van der Waals surface area (Å²) in [6, 6.07) is 0.248. The number of ether oxygens (including phenoxy) is 1. The van der Waals surface area contributed by atoms with Gasteiger partial charge in [0.25, 0.3) is 0 Å². The van der Waals surface area contributed by atoms with Gasteiger partial charge in [0.2, 0.25) is 10.0 Å². The number of alkyl halides is 3. The Balaban J connectivity index is 1.67. The number of nitrogens with zero attached hydrogens (tertiary/aromatic N) is 5. The summed E-state index contributed by atoms with van der Waals surface area (Å²) < 4.78 is 72.3. The molecule has 1 aromatic heterocycles. The van der Waals surface area contributed by atoms with Crippen molar-refractivity contribution in [3.8, 4) is 0 Å². The minimum atomic E-state index is -4.68. The van der Waals surface area contributed by atoms with Crippen molar-refractivity contribution in [1.29, 1.82) is 0 Å². The second kappa shape index (κ2) is 10.3. The maximum atomic E-state index is 14.1. The number of carbonyl (C=O) groups excluding carboxylic acids is 1. The first-order chi connectivity index (χ1) is 16.1. The Hall–Kier alpha value is -2.35. The van der Waals surface area contributed by atoms with Crippen LogP contribution in [0, 0.1) is 0 Å². The van der Waals surface area contributed by atoms with Gasteiger partial charge in [-0.25, -0.2) is 27.5 Å². The Labute approximate surface area is 203 Å². The molecule has 2 aliphatic heterocycles. The van der Waals surface area contributed by atoms with Gasteiger partial charge in [0.1, 0.15) is 23.6 Å². The number of anilines is 2. The number of aromatic nitrogens is 2. The fraction of sp³-hybridized carbons (Fsp3) is 0.762. The lowest BCUT2D eigenvalue weighted by molar-refractivity contribution is -0.137. The molecule has 0 spiro atoms. The zero-order valence-electron chi connectivity index (χ0n) is 20.4. The van der Waals surface area contributed by atoms with E-state index in [-0.39, 0.29) is 43.6 Å². The average molecular weight is 523 g/mol. The van der Waals surface area contributed by atoms with Gasteiger partial charge in [0.05, 0.1) is 6.26 Å². The Morgan fingerprint density at radius 3 is 2.20 bits per heavy atom. The van der Waals surface area contributed by atoms with Gasteiger partial charge in [-0.1, -0.05) is 0 Å². The van der Waals surface area contributed by atoms with E-state index in [4.69, 9.17) is 4.74 Å². The second-order valence-corrected chi connectivity index (χ2v) is 11.9. The van der Waals surface area contributed by atoms with E-state index in [0.29, 0.717) is 30.8 Å². The molecule has 1 N–H and O–H groups in total. The third kappa shape index (κ3) is 7.56. The fourth-order valence-electron chi connectivity index (χ4n) is 4.26. The zero-order chi connectivity index (χ0) is 26.0. The molecule has 0 bridgehead atoms. The molecule has 0 radical (unpaired) electrons. The SMILES string of the molecule is CC(C)(C)OC(=O)N1CCC(N(c2cc(NC3CCN(S(C)(=O)=O)CC3)ncn2)C(F)(F)F)CC1. The summed E-state index contributed by atoms with van der Waals surface area (Å²) in [5.74, 6) is -0.0347. The lowest BCUT2D eigenvalue weighted by Gasteiger charge is -2.40. The van der Waals surface area contributed by atoms with Gasteiger partial charge in [-0.2, -0.15) is 13.2 Å². The third-order valence-electron chi connectivity index (χ3n) is 5.93. The van der Waals surface area contributed by atoms with E-state index >= 15 is 0 Å². The zero-order valence-corrected chi connectivity index (χ0v) is 21.2. The van der Waals surface area contributed by atoms with Gasteiger partial charge < -0.3 is 15.0 Å². The van der Waals surface area contributed by atoms with Crippen LogP contribution in [0.2, 0.25) is 0 Å². The Bertz CT molecular complexity index is 986. The van der Waals surface area contributed by atoms with Crippen LogP contribution in [0.4, 0.5) is 29.6 Å². The number of halogens is 3. The van der Waals surface area contributed by atoms with Crippen LogP contribution in [0.5, 0.6) is 0 Å². The molecule has 10 nitrogen and oxygen atoms in total. The number of amides is 1. The molecule has 1 aromatic rings. The Morgan fingerprint density at radius 1 is 1.09 bits per heavy atom. The molecule has 0 unspecified atom stereocenters. The smallest absolute Gasteiger partial charge is 0.444 e. The van der Waals surface area contributed by atoms with Crippen LogP contribution in [-0.2, 0) is 14.8 Å². The van der Waals surface area contributed by atoms with Crippen molar-refractivity contribution in [2.24, 2.45) is 0 Å². The number of hydrogen-bond donors (Lipinski definition) is 1. The summed E-state index contributed by atoms with van der Waals surface area (Å²) in [5.41, 5.74) is -0.683. The lowest BCUT2D eigenvalue weighted by atomic mass is 10.0. The van der Waals surface area contributed by atoms with Crippen molar-refractivity contribution >= 4 is 27.8 Å². The minimum Gasteiger partial charge on any atom is -0.444 e. The molecule has 198 valence electrons. The monoisotopic (exact) mass is 522 g/mol. The molecule has 2 saturated heterocycles. The molecule has 0 aliphatic carbocycles. The molecule has 0 aromatic carbocycles. The van der Waals surface area contributed by atoms with Crippen LogP contribution in [0.15, 0.2) is 12.4 Å². The molecule has 0 saturated carbocycles. The van der Waals surface area contributed by atoms with E-state index in [2.05, 4.69) is 15.3 Å². The van der Waals surface area contributed by atoms with Crippen LogP contribution >= 0.6 is 0 Å². The molecule has 14 heteroatoms. The summed E-state index contributed by atoms with van der Waals surface area (Å²) in [5, 5.41) is 3.11. The van der Waals surface area contributed by atoms with Gasteiger partial charge in [0.15, 0.2) is 0 Å². The fourth-order valence-corrected chi connectivity index (χ4v) is 5.13. The molecule has 2 fully saturated rings. The van der Waals surface area contributed by atoms with Gasteiger partial charge >= 0.3 is 12.4 Å². The van der Waals surface area contributed by atoms with Crippen molar-refractivity contribution in [1.82, 2.24) is 19.2 Å². The van der Waals surface area contributed by atoms with E-state index in [1.807, 2.05) is 0 Å². The largest absolute Gasteiger partial charge is 0.486 e. The van der Waals surface area contributed by atoms with E-state index in [1.165, 1.54) is 15.3 Å². The van der Waals surface area contributed by atoms with Crippen LogP contribution in [0.25, 0.3) is 0 Å². The summed E-state index contributed by atoms with van der Waals surface area (Å²) in [6.45, 7) is 6.15. The normalized spacial score (nSPS) is 19.5. The van der Waals surface area contributed by atoms with Gasteiger partial charge in [-0.05, 0) is 46.5 Å². The van der Waals surface area contributed by atoms with Crippen molar-refractivity contribution < 1.29 is 31.1 Å². The van der Waals surface area contributed by atoms with Crippen molar-refractivity contribution in [2.75, 3.05) is 42.7 Å². The standard InChI is InChI=1S/C21H33F3N6O4S/c1-20(2,3)34-19(31)28-9-7-16(8-10-28)30(21(22,23)24)18-13-17(25-14-26-18)27-15-5-11-29(12-6-15)35(4,32)33/h13-16H,5-12H2,1-4H3,(H,25,26,27). The van der Waals surface area contributed by atoms with Crippen LogP contribution in [0.1, 0.15) is 46.5 Å². The molecular weight excluding hydrogens is 489 g/mol. The average Bonchev–Trinajstić information content (AvgIpc) is 2.72. The topological polar surface area (TPSA) is 108 Å².